The highest BCUT2D eigenvalue weighted by Gasteiger charge is 2.15. The quantitative estimate of drug-likeness (QED) is 0.422. The molecule has 168 valence electrons. The number of carboxylic acid groups (broad SMARTS) is 1. The Morgan fingerprint density at radius 1 is 0.939 bits per heavy atom. The van der Waals surface area contributed by atoms with Crippen molar-refractivity contribution in [3.63, 3.8) is 0 Å². The molecule has 1 N–H and O–H groups in total. The van der Waals surface area contributed by atoms with Crippen LogP contribution in [0.1, 0.15) is 16.8 Å². The Bertz CT molecular complexity index is 1370. The monoisotopic (exact) mass is 449 g/mol. The molecular formula is C26H21F2NO4. The summed E-state index contributed by atoms with van der Waals surface area (Å²) in [4.78, 5) is 24.3. The third-order valence-corrected chi connectivity index (χ3v) is 5.39. The first-order valence-corrected chi connectivity index (χ1v) is 10.4. The Hall–Kier alpha value is -4.00. The molecule has 0 bridgehead atoms. The van der Waals surface area contributed by atoms with Gasteiger partial charge in [-0.2, -0.15) is 0 Å². The molecule has 0 atom stereocenters. The number of aliphatic carboxylic acids is 1. The molecule has 0 fully saturated rings. The van der Waals surface area contributed by atoms with Gasteiger partial charge in [0.1, 0.15) is 18.9 Å². The fraction of sp³-hybridized carbons (Fsp3) is 0.154. The van der Waals surface area contributed by atoms with E-state index in [1.807, 2.05) is 30.3 Å². The second-order valence-corrected chi connectivity index (χ2v) is 7.65. The maximum Gasteiger partial charge on any atom is 0.323 e. The first-order chi connectivity index (χ1) is 15.9. The Morgan fingerprint density at radius 2 is 1.73 bits per heavy atom. The van der Waals surface area contributed by atoms with E-state index in [1.165, 1.54) is 22.8 Å². The van der Waals surface area contributed by atoms with Crippen molar-refractivity contribution >= 4 is 16.9 Å². The van der Waals surface area contributed by atoms with E-state index >= 15 is 0 Å². The Balaban J connectivity index is 1.70. The number of hydrogen-bond acceptors (Lipinski definition) is 3. The van der Waals surface area contributed by atoms with Crippen LogP contribution in [0, 0.1) is 11.6 Å². The van der Waals surface area contributed by atoms with Gasteiger partial charge >= 0.3 is 5.97 Å². The van der Waals surface area contributed by atoms with Gasteiger partial charge in [-0.05, 0) is 42.2 Å². The van der Waals surface area contributed by atoms with Gasteiger partial charge in [0.25, 0.3) is 0 Å². The summed E-state index contributed by atoms with van der Waals surface area (Å²) in [5.74, 6) is -2.50. The maximum absolute atomic E-state index is 14.1. The van der Waals surface area contributed by atoms with E-state index in [0.717, 1.165) is 11.6 Å². The molecule has 1 aromatic heterocycles. The Labute approximate surface area is 188 Å². The highest BCUT2D eigenvalue weighted by atomic mass is 19.2. The SMILES string of the molecule is O=C(O)Cn1c(CCc2cccc(F)c2F)cc(=O)c2ccc(OCc3ccccc3)cc21. The van der Waals surface area contributed by atoms with E-state index in [9.17, 15) is 23.5 Å². The van der Waals surface area contributed by atoms with Gasteiger partial charge in [-0.15, -0.1) is 0 Å². The number of rotatable bonds is 8. The number of aromatic nitrogens is 1. The number of ether oxygens (including phenoxy) is 1. The summed E-state index contributed by atoms with van der Waals surface area (Å²) in [5, 5.41) is 9.82. The van der Waals surface area contributed by atoms with Crippen LogP contribution < -0.4 is 10.2 Å². The zero-order valence-corrected chi connectivity index (χ0v) is 17.6. The maximum atomic E-state index is 14.1. The zero-order chi connectivity index (χ0) is 23.4. The molecule has 4 rings (SSSR count). The van der Waals surface area contributed by atoms with Crippen LogP contribution in [-0.4, -0.2) is 15.6 Å². The molecule has 0 aliphatic heterocycles. The minimum Gasteiger partial charge on any atom is -0.489 e. The molecule has 0 aliphatic rings. The van der Waals surface area contributed by atoms with Gasteiger partial charge in [-0.1, -0.05) is 42.5 Å². The number of hydrogen-bond donors (Lipinski definition) is 1. The van der Waals surface area contributed by atoms with Crippen LogP contribution in [0.25, 0.3) is 10.9 Å². The lowest BCUT2D eigenvalue weighted by atomic mass is 10.0. The highest BCUT2D eigenvalue weighted by molar-refractivity contribution is 5.82. The lowest BCUT2D eigenvalue weighted by Gasteiger charge is -2.17. The number of aryl methyl sites for hydroxylation is 2. The second kappa shape index (κ2) is 9.65. The largest absolute Gasteiger partial charge is 0.489 e. The van der Waals surface area contributed by atoms with Crippen LogP contribution in [0.15, 0.2) is 77.6 Å². The minimum absolute atomic E-state index is 0.109. The minimum atomic E-state index is -1.09. The molecule has 0 radical (unpaired) electrons. The summed E-state index contributed by atoms with van der Waals surface area (Å²) in [7, 11) is 0. The number of carboxylic acids is 1. The van der Waals surface area contributed by atoms with Gasteiger partial charge < -0.3 is 14.4 Å². The molecule has 5 nitrogen and oxygen atoms in total. The van der Waals surface area contributed by atoms with E-state index in [2.05, 4.69) is 0 Å². The summed E-state index contributed by atoms with van der Waals surface area (Å²) in [6.07, 6.45) is 0.270. The first kappa shape index (κ1) is 22.2. The van der Waals surface area contributed by atoms with E-state index in [1.54, 1.807) is 18.2 Å². The first-order valence-electron chi connectivity index (χ1n) is 10.4. The molecular weight excluding hydrogens is 428 g/mol. The van der Waals surface area contributed by atoms with Crippen molar-refractivity contribution < 1.29 is 23.4 Å². The number of halogens is 2. The van der Waals surface area contributed by atoms with Gasteiger partial charge in [0.15, 0.2) is 17.1 Å². The second-order valence-electron chi connectivity index (χ2n) is 7.65. The van der Waals surface area contributed by atoms with E-state index < -0.39 is 17.6 Å². The van der Waals surface area contributed by atoms with Crippen LogP contribution in [0.4, 0.5) is 8.78 Å². The molecule has 7 heteroatoms. The molecule has 0 unspecified atom stereocenters. The zero-order valence-electron chi connectivity index (χ0n) is 17.6. The average Bonchev–Trinajstić information content (AvgIpc) is 2.81. The normalized spacial score (nSPS) is 11.0. The number of carbonyl (C=O) groups is 1. The van der Waals surface area contributed by atoms with Crippen molar-refractivity contribution in [3.05, 3.63) is 111 Å². The van der Waals surface area contributed by atoms with Crippen LogP contribution in [-0.2, 0) is 30.8 Å². The third-order valence-electron chi connectivity index (χ3n) is 5.39. The van der Waals surface area contributed by atoms with Crippen molar-refractivity contribution in [3.8, 4) is 5.75 Å². The fourth-order valence-corrected chi connectivity index (χ4v) is 3.77. The van der Waals surface area contributed by atoms with Gasteiger partial charge in [0, 0.05) is 23.2 Å². The van der Waals surface area contributed by atoms with Crippen molar-refractivity contribution in [2.24, 2.45) is 0 Å². The summed E-state index contributed by atoms with van der Waals surface area (Å²) in [6, 6.07) is 19.7. The number of nitrogens with zero attached hydrogens (tertiary/aromatic N) is 1. The molecule has 4 aromatic rings. The fourth-order valence-electron chi connectivity index (χ4n) is 3.77. The van der Waals surface area contributed by atoms with Crippen LogP contribution in [0.5, 0.6) is 5.75 Å². The number of benzene rings is 3. The van der Waals surface area contributed by atoms with E-state index in [4.69, 9.17) is 4.74 Å². The Kier molecular flexibility index (Phi) is 6.49. The third kappa shape index (κ3) is 5.09. The number of fused-ring (bicyclic) bond motifs is 1. The lowest BCUT2D eigenvalue weighted by Crippen LogP contribution is -2.19. The molecule has 0 spiro atoms. The Morgan fingerprint density at radius 3 is 2.48 bits per heavy atom. The van der Waals surface area contributed by atoms with Crippen molar-refractivity contribution in [1.29, 1.82) is 0 Å². The van der Waals surface area contributed by atoms with Gasteiger partial charge in [0.05, 0.1) is 5.52 Å². The van der Waals surface area contributed by atoms with Crippen molar-refractivity contribution in [2.45, 2.75) is 26.0 Å². The summed E-state index contributed by atoms with van der Waals surface area (Å²) >= 11 is 0. The van der Waals surface area contributed by atoms with Crippen LogP contribution in [0.3, 0.4) is 0 Å². The van der Waals surface area contributed by atoms with Crippen LogP contribution in [0.2, 0.25) is 0 Å². The summed E-state index contributed by atoms with van der Waals surface area (Å²) in [5.41, 5.74) is 1.66. The van der Waals surface area contributed by atoms with Crippen LogP contribution >= 0.6 is 0 Å². The molecule has 0 amide bonds. The number of pyridine rings is 1. The van der Waals surface area contributed by atoms with Crippen molar-refractivity contribution in [1.82, 2.24) is 4.57 Å². The molecule has 1 heterocycles. The summed E-state index contributed by atoms with van der Waals surface area (Å²) < 4.78 is 35.0. The molecule has 0 aliphatic carbocycles. The van der Waals surface area contributed by atoms with Gasteiger partial charge in [0.2, 0.25) is 0 Å². The van der Waals surface area contributed by atoms with E-state index in [0.29, 0.717) is 29.0 Å². The summed E-state index contributed by atoms with van der Waals surface area (Å²) in [6.45, 7) is -0.0755. The van der Waals surface area contributed by atoms with Gasteiger partial charge in [-0.25, -0.2) is 8.78 Å². The topological polar surface area (TPSA) is 68.5 Å². The molecule has 33 heavy (non-hydrogen) atoms. The molecule has 0 saturated carbocycles. The van der Waals surface area contributed by atoms with Gasteiger partial charge in [-0.3, -0.25) is 9.59 Å². The highest BCUT2D eigenvalue weighted by Crippen LogP contribution is 2.23. The standard InChI is InChI=1S/C26H21F2NO4/c27-22-8-4-7-18(26(22)28)9-10-19-13-24(30)21-12-11-20(14-23(21)29(19)15-25(31)32)33-16-17-5-2-1-3-6-17/h1-8,11-14H,9-10,15-16H2,(H,31,32). The predicted molar refractivity (Wildman–Crippen MR) is 120 cm³/mol. The predicted octanol–water partition coefficient (Wildman–Crippen LogP) is 4.73. The molecule has 0 saturated heterocycles. The van der Waals surface area contributed by atoms with Crippen molar-refractivity contribution in [2.75, 3.05) is 0 Å². The smallest absolute Gasteiger partial charge is 0.323 e. The lowest BCUT2D eigenvalue weighted by molar-refractivity contribution is -0.137. The average molecular weight is 449 g/mol. The van der Waals surface area contributed by atoms with E-state index in [-0.39, 0.29) is 30.4 Å². The molecule has 3 aromatic carbocycles.